The number of amides is 1. The van der Waals surface area contributed by atoms with Gasteiger partial charge in [0.05, 0.1) is 13.2 Å². The minimum atomic E-state index is -0.0286. The van der Waals surface area contributed by atoms with Crippen LogP contribution in [0.3, 0.4) is 0 Å². The topological polar surface area (TPSA) is 50.4 Å². The predicted molar refractivity (Wildman–Crippen MR) is 115 cm³/mol. The van der Waals surface area contributed by atoms with E-state index in [1.807, 2.05) is 42.5 Å². The first kappa shape index (κ1) is 20.2. The lowest BCUT2D eigenvalue weighted by atomic mass is 9.97. The van der Waals surface area contributed by atoms with E-state index in [4.69, 9.17) is 4.74 Å². The molecule has 0 aliphatic heterocycles. The Morgan fingerprint density at radius 3 is 2.71 bits per heavy atom. The molecule has 2 N–H and O–H groups in total. The van der Waals surface area contributed by atoms with Crippen LogP contribution in [0.25, 0.3) is 0 Å². The Labute approximate surface area is 168 Å². The maximum atomic E-state index is 12.1. The number of carbonyl (C=O) groups is 1. The minimum absolute atomic E-state index is 0.0286. The van der Waals surface area contributed by atoms with E-state index >= 15 is 0 Å². The fourth-order valence-electron chi connectivity index (χ4n) is 3.38. The Morgan fingerprint density at radius 2 is 1.89 bits per heavy atom. The zero-order valence-electron chi connectivity index (χ0n) is 16.5. The molecule has 0 saturated heterocycles. The smallest absolute Gasteiger partial charge is 0.238 e. The average molecular weight is 379 g/mol. The monoisotopic (exact) mass is 378 g/mol. The largest absolute Gasteiger partial charge is 0.493 e. The molecule has 1 aliphatic rings. The summed E-state index contributed by atoms with van der Waals surface area (Å²) in [6.45, 7) is 1.78. The molecule has 4 nitrogen and oxygen atoms in total. The van der Waals surface area contributed by atoms with Crippen LogP contribution in [-0.4, -0.2) is 25.6 Å². The van der Waals surface area contributed by atoms with Crippen molar-refractivity contribution in [3.63, 3.8) is 0 Å². The van der Waals surface area contributed by atoms with Gasteiger partial charge in [0.2, 0.25) is 5.91 Å². The van der Waals surface area contributed by atoms with Crippen LogP contribution in [0.2, 0.25) is 0 Å². The summed E-state index contributed by atoms with van der Waals surface area (Å²) < 4.78 is 5.82. The minimum Gasteiger partial charge on any atom is -0.493 e. The van der Waals surface area contributed by atoms with E-state index in [1.165, 1.54) is 36.8 Å². The summed E-state index contributed by atoms with van der Waals surface area (Å²) in [7, 11) is 0. The van der Waals surface area contributed by atoms with Crippen LogP contribution in [0, 0.1) is 0 Å². The van der Waals surface area contributed by atoms with Crippen molar-refractivity contribution >= 4 is 11.6 Å². The van der Waals surface area contributed by atoms with Crippen LogP contribution in [0.15, 0.2) is 66.2 Å². The molecule has 0 aromatic heterocycles. The van der Waals surface area contributed by atoms with E-state index in [0.717, 1.165) is 30.8 Å². The molecule has 1 amide bonds. The second-order valence-corrected chi connectivity index (χ2v) is 7.19. The molecule has 0 radical (unpaired) electrons. The number of allylic oxidation sites excluding steroid dienone is 1. The number of hydrogen-bond donors (Lipinski definition) is 2. The highest BCUT2D eigenvalue weighted by molar-refractivity contribution is 5.92. The van der Waals surface area contributed by atoms with E-state index in [9.17, 15) is 4.79 Å². The van der Waals surface area contributed by atoms with E-state index in [-0.39, 0.29) is 5.91 Å². The van der Waals surface area contributed by atoms with Gasteiger partial charge in [0, 0.05) is 18.2 Å². The molecule has 0 saturated carbocycles. The van der Waals surface area contributed by atoms with E-state index in [0.29, 0.717) is 13.2 Å². The molecular weight excluding hydrogens is 348 g/mol. The van der Waals surface area contributed by atoms with Crippen molar-refractivity contribution in [1.82, 2.24) is 5.32 Å². The molecule has 0 bridgehead atoms. The number of carbonyl (C=O) groups excluding carboxylic acids is 1. The van der Waals surface area contributed by atoms with E-state index < -0.39 is 0 Å². The average Bonchev–Trinajstić information content (AvgIpc) is 2.73. The molecule has 0 heterocycles. The Kier molecular flexibility index (Phi) is 8.13. The van der Waals surface area contributed by atoms with Gasteiger partial charge in [0.15, 0.2) is 0 Å². The SMILES string of the molecule is O=C(CNCCC1=CCCCC1)Nc1cccc(OCCc2ccccc2)c1. The van der Waals surface area contributed by atoms with Crippen LogP contribution in [0.1, 0.15) is 37.7 Å². The first-order valence-corrected chi connectivity index (χ1v) is 10.2. The third-order valence-electron chi connectivity index (χ3n) is 4.91. The number of benzene rings is 2. The number of ether oxygens (including phenoxy) is 1. The van der Waals surface area contributed by atoms with Crippen LogP contribution in [0.4, 0.5) is 5.69 Å². The summed E-state index contributed by atoms with van der Waals surface area (Å²) in [6.07, 6.45) is 9.29. The van der Waals surface area contributed by atoms with Gasteiger partial charge >= 0.3 is 0 Å². The lowest BCUT2D eigenvalue weighted by Crippen LogP contribution is -2.29. The molecule has 0 atom stereocenters. The number of hydrogen-bond acceptors (Lipinski definition) is 3. The highest BCUT2D eigenvalue weighted by Crippen LogP contribution is 2.19. The standard InChI is InChI=1S/C24H30N2O2/c27-24(19-25-16-14-20-8-3-1-4-9-20)26-22-12-7-13-23(18-22)28-17-15-21-10-5-2-6-11-21/h2,5-8,10-13,18,25H,1,3-4,9,14-17,19H2,(H,26,27). The van der Waals surface area contributed by atoms with E-state index in [2.05, 4.69) is 28.8 Å². The summed E-state index contributed by atoms with van der Waals surface area (Å²) >= 11 is 0. The molecule has 0 spiro atoms. The van der Waals surface area contributed by atoms with Gasteiger partial charge < -0.3 is 15.4 Å². The van der Waals surface area contributed by atoms with Crippen molar-refractivity contribution in [2.24, 2.45) is 0 Å². The summed E-state index contributed by atoms with van der Waals surface area (Å²) in [6, 6.07) is 17.8. The first-order valence-electron chi connectivity index (χ1n) is 10.2. The zero-order valence-corrected chi connectivity index (χ0v) is 16.5. The molecule has 0 unspecified atom stereocenters. The Morgan fingerprint density at radius 1 is 1.00 bits per heavy atom. The number of nitrogens with one attached hydrogen (secondary N) is 2. The van der Waals surface area contributed by atoms with Crippen molar-refractivity contribution in [2.45, 2.75) is 38.5 Å². The van der Waals surface area contributed by atoms with Gasteiger partial charge in [-0.15, -0.1) is 0 Å². The van der Waals surface area contributed by atoms with Gasteiger partial charge in [-0.3, -0.25) is 4.79 Å². The number of anilines is 1. The molecule has 4 heteroatoms. The fourth-order valence-corrected chi connectivity index (χ4v) is 3.38. The fraction of sp³-hybridized carbons (Fsp3) is 0.375. The Balaban J connectivity index is 1.36. The number of rotatable bonds is 10. The summed E-state index contributed by atoms with van der Waals surface area (Å²) in [5, 5.41) is 6.17. The molecule has 0 fully saturated rings. The second-order valence-electron chi connectivity index (χ2n) is 7.19. The van der Waals surface area contributed by atoms with Gasteiger partial charge in [-0.25, -0.2) is 0 Å². The van der Waals surface area contributed by atoms with Crippen molar-refractivity contribution in [2.75, 3.05) is 25.0 Å². The van der Waals surface area contributed by atoms with Gasteiger partial charge in [-0.1, -0.05) is 48.0 Å². The predicted octanol–water partition coefficient (Wildman–Crippen LogP) is 4.73. The third kappa shape index (κ3) is 7.20. The van der Waals surface area contributed by atoms with Crippen LogP contribution in [-0.2, 0) is 11.2 Å². The molecule has 1 aliphatic carbocycles. The van der Waals surface area contributed by atoms with Gasteiger partial charge in [0.25, 0.3) is 0 Å². The third-order valence-corrected chi connectivity index (χ3v) is 4.91. The molecule has 3 rings (SSSR count). The Bertz CT molecular complexity index is 771. The first-order chi connectivity index (χ1) is 13.8. The summed E-state index contributed by atoms with van der Waals surface area (Å²) in [5.41, 5.74) is 3.54. The molecule has 2 aromatic rings. The van der Waals surface area contributed by atoms with Crippen molar-refractivity contribution in [1.29, 1.82) is 0 Å². The highest BCUT2D eigenvalue weighted by atomic mass is 16.5. The second kappa shape index (κ2) is 11.3. The molecule has 2 aromatic carbocycles. The van der Waals surface area contributed by atoms with Crippen LogP contribution < -0.4 is 15.4 Å². The normalized spacial score (nSPS) is 13.6. The lowest BCUT2D eigenvalue weighted by molar-refractivity contribution is -0.115. The molecule has 148 valence electrons. The van der Waals surface area contributed by atoms with Crippen molar-refractivity contribution in [3.05, 3.63) is 71.8 Å². The summed E-state index contributed by atoms with van der Waals surface area (Å²) in [4.78, 5) is 12.1. The van der Waals surface area contributed by atoms with Gasteiger partial charge in [-0.05, 0) is 56.3 Å². The van der Waals surface area contributed by atoms with Crippen LogP contribution >= 0.6 is 0 Å². The maximum absolute atomic E-state index is 12.1. The van der Waals surface area contributed by atoms with Crippen molar-refractivity contribution < 1.29 is 9.53 Å². The van der Waals surface area contributed by atoms with Crippen molar-refractivity contribution in [3.8, 4) is 5.75 Å². The van der Waals surface area contributed by atoms with Crippen LogP contribution in [0.5, 0.6) is 5.75 Å². The lowest BCUT2D eigenvalue weighted by Gasteiger charge is -2.13. The highest BCUT2D eigenvalue weighted by Gasteiger charge is 2.06. The van der Waals surface area contributed by atoms with Gasteiger partial charge in [0.1, 0.15) is 5.75 Å². The van der Waals surface area contributed by atoms with Gasteiger partial charge in [-0.2, -0.15) is 0 Å². The summed E-state index contributed by atoms with van der Waals surface area (Å²) in [5.74, 6) is 0.741. The molecular formula is C24H30N2O2. The maximum Gasteiger partial charge on any atom is 0.238 e. The van der Waals surface area contributed by atoms with E-state index in [1.54, 1.807) is 0 Å². The Hall–Kier alpha value is -2.59. The quantitative estimate of drug-likeness (QED) is 0.464. The molecule has 28 heavy (non-hydrogen) atoms. The zero-order chi connectivity index (χ0) is 19.4.